The van der Waals surface area contributed by atoms with Gasteiger partial charge in [0.05, 0.1) is 0 Å². The maximum Gasteiger partial charge on any atom is 0.181 e. The zero-order valence-electron chi connectivity index (χ0n) is 5.77. The van der Waals surface area contributed by atoms with Gasteiger partial charge in [0.25, 0.3) is 0 Å². The molecule has 1 rings (SSSR count). The van der Waals surface area contributed by atoms with Gasteiger partial charge < -0.3 is 0 Å². The van der Waals surface area contributed by atoms with Crippen LogP contribution in [-0.4, -0.2) is 22.5 Å². The number of hydrogen-bond donors (Lipinski definition) is 1. The Kier molecular flexibility index (Phi) is 3.39. The summed E-state index contributed by atoms with van der Waals surface area (Å²) in [7, 11) is 0. The van der Waals surface area contributed by atoms with Crippen LogP contribution in [0.3, 0.4) is 0 Å². The molecule has 4 heteroatoms. The fourth-order valence-electron chi connectivity index (χ4n) is 1.13. The molecule has 0 bridgehead atoms. The normalized spacial score (nSPS) is 20.5. The van der Waals surface area contributed by atoms with E-state index in [4.69, 9.17) is 11.6 Å². The van der Waals surface area contributed by atoms with Crippen LogP contribution in [-0.2, 0) is 0 Å². The minimum absolute atomic E-state index is 0.349. The topological polar surface area (TPSA) is 15.3 Å². The molecule has 0 amide bonds. The first-order valence-electron chi connectivity index (χ1n) is 3.50. The number of hydrazine groups is 1. The molecule has 1 N–H and O–H groups in total. The summed E-state index contributed by atoms with van der Waals surface area (Å²) in [5.41, 5.74) is 2.91. The maximum atomic E-state index is 5.49. The summed E-state index contributed by atoms with van der Waals surface area (Å²) in [6.07, 6.45) is 3.81. The van der Waals surface area contributed by atoms with E-state index in [1.807, 2.05) is 0 Å². The monoisotopic (exact) mass is 178 g/mol. The average Bonchev–Trinajstić information content (AvgIpc) is 1.88. The highest BCUT2D eigenvalue weighted by atomic mass is 35.5. The molecule has 0 radical (unpaired) electrons. The Hall–Kier alpha value is 0.140. The Morgan fingerprint density at radius 2 is 1.90 bits per heavy atom. The van der Waals surface area contributed by atoms with Crippen molar-refractivity contribution in [3.8, 4) is 0 Å². The van der Waals surface area contributed by atoms with E-state index in [1.165, 1.54) is 19.3 Å². The Bertz CT molecular complexity index is 123. The van der Waals surface area contributed by atoms with Crippen LogP contribution in [0.1, 0.15) is 19.3 Å². The van der Waals surface area contributed by atoms with Gasteiger partial charge in [0.2, 0.25) is 0 Å². The predicted molar refractivity (Wildman–Crippen MR) is 47.0 cm³/mol. The van der Waals surface area contributed by atoms with E-state index in [2.05, 4.69) is 22.7 Å². The average molecular weight is 179 g/mol. The molecule has 0 aromatic rings. The zero-order chi connectivity index (χ0) is 7.40. The summed E-state index contributed by atoms with van der Waals surface area (Å²) in [6.45, 7) is 2.12. The largest absolute Gasteiger partial charge is 0.300 e. The molecule has 0 atom stereocenters. The fourth-order valence-corrected chi connectivity index (χ4v) is 1.38. The molecule has 1 aliphatic rings. The van der Waals surface area contributed by atoms with Crippen molar-refractivity contribution in [1.29, 1.82) is 0 Å². The van der Waals surface area contributed by atoms with Gasteiger partial charge in [-0.1, -0.05) is 18.0 Å². The van der Waals surface area contributed by atoms with Gasteiger partial charge in [0, 0.05) is 13.1 Å². The molecule has 0 saturated carbocycles. The van der Waals surface area contributed by atoms with Crippen molar-refractivity contribution in [1.82, 2.24) is 10.4 Å². The molecule has 1 aliphatic heterocycles. The third-order valence-electron chi connectivity index (χ3n) is 1.60. The van der Waals surface area contributed by atoms with Crippen LogP contribution in [0.25, 0.3) is 0 Å². The Morgan fingerprint density at radius 1 is 1.30 bits per heavy atom. The molecule has 1 saturated heterocycles. The first-order chi connectivity index (χ1) is 4.79. The minimum atomic E-state index is 0.349. The first kappa shape index (κ1) is 8.24. The Morgan fingerprint density at radius 3 is 2.40 bits per heavy atom. The van der Waals surface area contributed by atoms with E-state index in [-0.39, 0.29) is 0 Å². The van der Waals surface area contributed by atoms with Gasteiger partial charge in [-0.15, -0.1) is 0 Å². The molecule has 2 nitrogen and oxygen atoms in total. The van der Waals surface area contributed by atoms with E-state index >= 15 is 0 Å². The van der Waals surface area contributed by atoms with Crippen LogP contribution < -0.4 is 5.43 Å². The standard InChI is InChI=1S/C6H11ClN2S/c7-6(10)8-9-4-2-1-3-5-9/h1-5H2,(H,8,10). The van der Waals surface area contributed by atoms with Gasteiger partial charge in [-0.2, -0.15) is 0 Å². The summed E-state index contributed by atoms with van der Waals surface area (Å²) in [5, 5.41) is 2.07. The van der Waals surface area contributed by atoms with E-state index in [0.717, 1.165) is 13.1 Å². The SMILES string of the molecule is S=C(Cl)NN1CCCCC1. The smallest absolute Gasteiger partial charge is 0.181 e. The lowest BCUT2D eigenvalue weighted by Crippen LogP contribution is -2.42. The van der Waals surface area contributed by atoms with Crippen LogP contribution in [0.2, 0.25) is 0 Å². The second-order valence-corrected chi connectivity index (χ2v) is 3.44. The number of halogens is 1. The van der Waals surface area contributed by atoms with Crippen molar-refractivity contribution in [2.45, 2.75) is 19.3 Å². The molecule has 0 aliphatic carbocycles. The molecule has 0 unspecified atom stereocenters. The molecule has 10 heavy (non-hydrogen) atoms. The van der Waals surface area contributed by atoms with Crippen molar-refractivity contribution in [3.63, 3.8) is 0 Å². The van der Waals surface area contributed by atoms with Crippen LogP contribution in [0.4, 0.5) is 0 Å². The second-order valence-electron chi connectivity index (χ2n) is 2.43. The van der Waals surface area contributed by atoms with Crippen LogP contribution in [0.15, 0.2) is 0 Å². The highest BCUT2D eigenvalue weighted by molar-refractivity contribution is 7.83. The zero-order valence-corrected chi connectivity index (χ0v) is 7.34. The molecule has 0 aromatic carbocycles. The van der Waals surface area contributed by atoms with Crippen molar-refractivity contribution in [2.24, 2.45) is 0 Å². The van der Waals surface area contributed by atoms with Crippen molar-refractivity contribution >= 4 is 28.3 Å². The van der Waals surface area contributed by atoms with Gasteiger partial charge in [-0.25, -0.2) is 5.01 Å². The first-order valence-corrected chi connectivity index (χ1v) is 4.29. The molecular weight excluding hydrogens is 168 g/mol. The number of piperidine rings is 1. The minimum Gasteiger partial charge on any atom is -0.300 e. The van der Waals surface area contributed by atoms with E-state index in [1.54, 1.807) is 0 Å². The number of rotatable bonds is 1. The van der Waals surface area contributed by atoms with Crippen LogP contribution >= 0.6 is 23.8 Å². The van der Waals surface area contributed by atoms with Gasteiger partial charge in [0.15, 0.2) is 4.45 Å². The quantitative estimate of drug-likeness (QED) is 0.372. The molecule has 1 heterocycles. The number of nitrogens with one attached hydrogen (secondary N) is 1. The number of thiocarbonyl (C=S) groups is 1. The Balaban J connectivity index is 2.19. The molecule has 0 spiro atoms. The van der Waals surface area contributed by atoms with Crippen molar-refractivity contribution < 1.29 is 0 Å². The summed E-state index contributed by atoms with van der Waals surface area (Å²) >= 11 is 10.2. The molecular formula is C6H11ClN2S. The number of nitrogens with zero attached hydrogens (tertiary/aromatic N) is 1. The van der Waals surface area contributed by atoms with Gasteiger partial charge in [0.1, 0.15) is 0 Å². The predicted octanol–water partition coefficient (Wildman–Crippen LogP) is 1.50. The summed E-state index contributed by atoms with van der Waals surface area (Å²) in [6, 6.07) is 0. The lowest BCUT2D eigenvalue weighted by atomic mass is 10.2. The van der Waals surface area contributed by atoms with Gasteiger partial charge >= 0.3 is 0 Å². The highest BCUT2D eigenvalue weighted by Gasteiger charge is 2.08. The Labute approximate surface area is 71.5 Å². The van der Waals surface area contributed by atoms with Crippen molar-refractivity contribution in [2.75, 3.05) is 13.1 Å². The molecule has 1 fully saturated rings. The number of hydrogen-bond acceptors (Lipinski definition) is 2. The van der Waals surface area contributed by atoms with Gasteiger partial charge in [-0.3, -0.25) is 5.43 Å². The van der Waals surface area contributed by atoms with Crippen LogP contribution in [0.5, 0.6) is 0 Å². The van der Waals surface area contributed by atoms with E-state index in [9.17, 15) is 0 Å². The molecule has 0 aromatic heterocycles. The third-order valence-corrected chi connectivity index (χ3v) is 1.78. The second kappa shape index (κ2) is 4.11. The maximum absolute atomic E-state index is 5.49. The van der Waals surface area contributed by atoms with Crippen LogP contribution in [0, 0.1) is 0 Å². The molecule has 58 valence electrons. The lowest BCUT2D eigenvalue weighted by Gasteiger charge is -2.26. The summed E-state index contributed by atoms with van der Waals surface area (Å²) in [4.78, 5) is 0. The van der Waals surface area contributed by atoms with E-state index in [0.29, 0.717) is 4.45 Å². The summed E-state index contributed by atoms with van der Waals surface area (Å²) in [5.74, 6) is 0. The van der Waals surface area contributed by atoms with Crippen molar-refractivity contribution in [3.05, 3.63) is 0 Å². The van der Waals surface area contributed by atoms with E-state index < -0.39 is 0 Å². The lowest BCUT2D eigenvalue weighted by molar-refractivity contribution is 0.197. The van der Waals surface area contributed by atoms with Gasteiger partial charge in [-0.05, 0) is 25.1 Å². The highest BCUT2D eigenvalue weighted by Crippen LogP contribution is 2.05. The fraction of sp³-hybridized carbons (Fsp3) is 0.833. The summed E-state index contributed by atoms with van der Waals surface area (Å²) < 4.78 is 0.349. The third kappa shape index (κ3) is 2.82.